The Morgan fingerprint density at radius 1 is 1.44 bits per heavy atom. The van der Waals surface area contributed by atoms with Gasteiger partial charge in [0.05, 0.1) is 22.7 Å². The zero-order valence-corrected chi connectivity index (χ0v) is 15.8. The Morgan fingerprint density at radius 3 is 3.04 bits per heavy atom. The molecule has 3 rings (SSSR count). The Balaban J connectivity index is 1.78. The van der Waals surface area contributed by atoms with Crippen molar-refractivity contribution in [1.82, 2.24) is 9.72 Å². The molecule has 1 aliphatic carbocycles. The van der Waals surface area contributed by atoms with E-state index in [1.165, 1.54) is 25.7 Å². The molecule has 1 fully saturated rings. The van der Waals surface area contributed by atoms with Crippen LogP contribution in [-0.2, 0) is 11.2 Å². The molecule has 0 aromatic carbocycles. The van der Waals surface area contributed by atoms with Crippen LogP contribution < -0.4 is 5.32 Å². The number of hydrogen-bond donors (Lipinski definition) is 1. The lowest BCUT2D eigenvalue weighted by Gasteiger charge is -2.26. The summed E-state index contributed by atoms with van der Waals surface area (Å²) in [6.45, 7) is 3.66. The maximum absolute atomic E-state index is 12.8. The summed E-state index contributed by atoms with van der Waals surface area (Å²) in [6, 6.07) is 5.67. The first-order valence-corrected chi connectivity index (χ1v) is 9.53. The maximum Gasteiger partial charge on any atom is 0.253 e. The number of nitrogens with one attached hydrogen (secondary N) is 1. The zero-order valence-electron chi connectivity index (χ0n) is 15.1. The van der Waals surface area contributed by atoms with E-state index >= 15 is 0 Å². The Labute approximate surface area is 154 Å². The lowest BCUT2D eigenvalue weighted by atomic mass is 9.82. The summed E-state index contributed by atoms with van der Waals surface area (Å²) in [6.07, 6.45) is 7.69. The number of halogens is 1. The number of ether oxygens (including phenoxy) is 1. The third kappa shape index (κ3) is 4.18. The SMILES string of the molecule is COCCc1cc(C(=O)NCC2CCCC(C)C2)c2c(Cl)cccn12. The number of fused-ring (bicyclic) bond motifs is 1. The molecule has 25 heavy (non-hydrogen) atoms. The number of aromatic nitrogens is 1. The van der Waals surface area contributed by atoms with Gasteiger partial charge in [-0.05, 0) is 42.9 Å². The molecule has 0 bridgehead atoms. The highest BCUT2D eigenvalue weighted by atomic mass is 35.5. The molecule has 1 saturated carbocycles. The van der Waals surface area contributed by atoms with Gasteiger partial charge in [0.25, 0.3) is 5.91 Å². The van der Waals surface area contributed by atoms with E-state index < -0.39 is 0 Å². The molecule has 1 amide bonds. The number of hydrogen-bond acceptors (Lipinski definition) is 2. The Morgan fingerprint density at radius 2 is 2.28 bits per heavy atom. The van der Waals surface area contributed by atoms with E-state index in [0.29, 0.717) is 23.1 Å². The highest BCUT2D eigenvalue weighted by Crippen LogP contribution is 2.29. The first-order chi connectivity index (χ1) is 12.1. The Bertz CT molecular complexity index is 741. The van der Waals surface area contributed by atoms with Crippen LogP contribution in [0.3, 0.4) is 0 Å². The van der Waals surface area contributed by atoms with E-state index in [2.05, 4.69) is 12.2 Å². The van der Waals surface area contributed by atoms with Gasteiger partial charge in [0.1, 0.15) is 0 Å². The molecule has 0 radical (unpaired) electrons. The quantitative estimate of drug-likeness (QED) is 0.830. The second kappa shape index (κ2) is 8.24. The standard InChI is InChI=1S/C20H27ClN2O2/c1-14-5-3-6-15(11-14)13-22-20(24)17-12-16(8-10-25-2)23-9-4-7-18(21)19(17)23/h4,7,9,12,14-15H,3,5-6,8,10-11,13H2,1-2H3,(H,22,24). The normalized spacial score (nSPS) is 20.8. The second-order valence-corrected chi connectivity index (χ2v) is 7.62. The van der Waals surface area contributed by atoms with Gasteiger partial charge in [-0.1, -0.05) is 31.4 Å². The third-order valence-corrected chi connectivity index (χ3v) is 5.53. The molecule has 0 saturated heterocycles. The van der Waals surface area contributed by atoms with Crippen molar-refractivity contribution < 1.29 is 9.53 Å². The van der Waals surface area contributed by atoms with Crippen molar-refractivity contribution in [2.24, 2.45) is 11.8 Å². The van der Waals surface area contributed by atoms with Gasteiger partial charge in [-0.3, -0.25) is 4.79 Å². The zero-order chi connectivity index (χ0) is 17.8. The molecule has 0 aliphatic heterocycles. The topological polar surface area (TPSA) is 42.7 Å². The molecule has 2 aromatic heterocycles. The largest absolute Gasteiger partial charge is 0.384 e. The van der Waals surface area contributed by atoms with Crippen LogP contribution >= 0.6 is 11.6 Å². The summed E-state index contributed by atoms with van der Waals surface area (Å²) in [7, 11) is 1.68. The molecule has 136 valence electrons. The van der Waals surface area contributed by atoms with Crippen LogP contribution in [0.4, 0.5) is 0 Å². The monoisotopic (exact) mass is 362 g/mol. The van der Waals surface area contributed by atoms with Gasteiger partial charge in [-0.2, -0.15) is 0 Å². The first-order valence-electron chi connectivity index (χ1n) is 9.15. The molecule has 2 atom stereocenters. The van der Waals surface area contributed by atoms with Gasteiger partial charge >= 0.3 is 0 Å². The van der Waals surface area contributed by atoms with Crippen molar-refractivity contribution in [2.45, 2.75) is 39.0 Å². The summed E-state index contributed by atoms with van der Waals surface area (Å²) in [5.41, 5.74) is 2.47. The van der Waals surface area contributed by atoms with E-state index in [1.807, 2.05) is 28.8 Å². The molecule has 5 heteroatoms. The van der Waals surface area contributed by atoms with Crippen molar-refractivity contribution in [2.75, 3.05) is 20.3 Å². The summed E-state index contributed by atoms with van der Waals surface area (Å²) in [5.74, 6) is 1.32. The molecule has 2 unspecified atom stereocenters. The Kier molecular flexibility index (Phi) is 6.02. The number of pyridine rings is 1. The number of carbonyl (C=O) groups is 1. The number of nitrogens with zero attached hydrogens (tertiary/aromatic N) is 1. The maximum atomic E-state index is 12.8. The Hall–Kier alpha value is -1.52. The highest BCUT2D eigenvalue weighted by Gasteiger charge is 2.21. The van der Waals surface area contributed by atoms with Gasteiger partial charge in [0.2, 0.25) is 0 Å². The van der Waals surface area contributed by atoms with Crippen LogP contribution in [-0.4, -0.2) is 30.6 Å². The fourth-order valence-corrected chi connectivity index (χ4v) is 4.20. The van der Waals surface area contributed by atoms with Crippen LogP contribution in [0.15, 0.2) is 24.4 Å². The average Bonchev–Trinajstić information content (AvgIpc) is 2.98. The minimum atomic E-state index is -0.0347. The predicted octanol–water partition coefficient (Wildman–Crippen LogP) is 4.34. The second-order valence-electron chi connectivity index (χ2n) is 7.21. The fourth-order valence-electron chi connectivity index (χ4n) is 3.93. The van der Waals surface area contributed by atoms with Gasteiger partial charge in [-0.15, -0.1) is 0 Å². The average molecular weight is 363 g/mol. The van der Waals surface area contributed by atoms with Gasteiger partial charge in [0.15, 0.2) is 0 Å². The minimum absolute atomic E-state index is 0.0347. The molecule has 2 heterocycles. The predicted molar refractivity (Wildman–Crippen MR) is 101 cm³/mol. The molecule has 2 aromatic rings. The smallest absolute Gasteiger partial charge is 0.253 e. The lowest BCUT2D eigenvalue weighted by molar-refractivity contribution is 0.0942. The number of carbonyl (C=O) groups excluding carboxylic acids is 1. The van der Waals surface area contributed by atoms with E-state index in [1.54, 1.807) is 7.11 Å². The van der Waals surface area contributed by atoms with Crippen molar-refractivity contribution in [3.05, 3.63) is 40.7 Å². The summed E-state index contributed by atoms with van der Waals surface area (Å²) >= 11 is 6.39. The molecule has 0 spiro atoms. The van der Waals surface area contributed by atoms with E-state index in [0.717, 1.165) is 30.1 Å². The van der Waals surface area contributed by atoms with E-state index in [4.69, 9.17) is 16.3 Å². The summed E-state index contributed by atoms with van der Waals surface area (Å²) in [4.78, 5) is 12.8. The van der Waals surface area contributed by atoms with Crippen LogP contribution in [0.2, 0.25) is 5.02 Å². The number of rotatable bonds is 6. The number of amides is 1. The first kappa shape index (κ1) is 18.3. The molecule has 1 N–H and O–H groups in total. The minimum Gasteiger partial charge on any atom is -0.384 e. The lowest BCUT2D eigenvalue weighted by Crippen LogP contribution is -2.31. The van der Waals surface area contributed by atoms with Crippen molar-refractivity contribution in [3.8, 4) is 0 Å². The molecular weight excluding hydrogens is 336 g/mol. The third-order valence-electron chi connectivity index (χ3n) is 5.22. The van der Waals surface area contributed by atoms with Crippen molar-refractivity contribution in [1.29, 1.82) is 0 Å². The molecule has 1 aliphatic rings. The fraction of sp³-hybridized carbons (Fsp3) is 0.550. The van der Waals surface area contributed by atoms with Gasteiger partial charge < -0.3 is 14.5 Å². The van der Waals surface area contributed by atoms with Crippen molar-refractivity contribution >= 4 is 23.0 Å². The highest BCUT2D eigenvalue weighted by molar-refractivity contribution is 6.34. The van der Waals surface area contributed by atoms with Gasteiger partial charge in [0, 0.05) is 32.0 Å². The van der Waals surface area contributed by atoms with Crippen LogP contribution in [0, 0.1) is 11.8 Å². The van der Waals surface area contributed by atoms with Crippen LogP contribution in [0.1, 0.15) is 48.7 Å². The van der Waals surface area contributed by atoms with Crippen molar-refractivity contribution in [3.63, 3.8) is 0 Å². The van der Waals surface area contributed by atoms with E-state index in [9.17, 15) is 4.79 Å². The summed E-state index contributed by atoms with van der Waals surface area (Å²) < 4.78 is 7.18. The van der Waals surface area contributed by atoms with Crippen LogP contribution in [0.5, 0.6) is 0 Å². The van der Waals surface area contributed by atoms with E-state index in [-0.39, 0.29) is 5.91 Å². The summed E-state index contributed by atoms with van der Waals surface area (Å²) in [5, 5.41) is 3.74. The van der Waals surface area contributed by atoms with Gasteiger partial charge in [-0.25, -0.2) is 0 Å². The number of methoxy groups -OCH3 is 1. The molecular formula is C20H27ClN2O2. The van der Waals surface area contributed by atoms with Crippen LogP contribution in [0.25, 0.3) is 5.52 Å². The molecule has 4 nitrogen and oxygen atoms in total.